The van der Waals surface area contributed by atoms with E-state index in [4.69, 9.17) is 15.2 Å². The molecule has 10 rings (SSSR count). The predicted octanol–water partition coefficient (Wildman–Crippen LogP) is 12.2. The van der Waals surface area contributed by atoms with Gasteiger partial charge in [-0.25, -0.2) is 29.5 Å². The molecule has 2 N–H and O–H groups in total. The number of aromatic nitrogens is 4. The third-order valence-electron chi connectivity index (χ3n) is 13.2. The summed E-state index contributed by atoms with van der Waals surface area (Å²) in [5.41, 5.74) is 7.75. The fraction of sp³-hybridized carbons (Fsp3) is 0.491. The van der Waals surface area contributed by atoms with Crippen LogP contribution in [0.15, 0.2) is 73.3 Å². The number of anilines is 3. The fourth-order valence-electron chi connectivity index (χ4n) is 10.2. The number of carbonyl (C=O) groups excluding carboxylic acids is 3. The maximum absolute atomic E-state index is 12.9. The first-order valence-electron chi connectivity index (χ1n) is 24.1. The summed E-state index contributed by atoms with van der Waals surface area (Å²) in [5, 5.41) is 1.40. The van der Waals surface area contributed by atoms with Crippen LogP contribution in [0.25, 0.3) is 20.4 Å². The normalized spacial score (nSPS) is 19.6. The van der Waals surface area contributed by atoms with E-state index in [0.29, 0.717) is 62.2 Å². The van der Waals surface area contributed by atoms with Gasteiger partial charge in [-0.2, -0.15) is 26.3 Å². The third-order valence-corrected chi connectivity index (χ3v) is 15.3. The maximum atomic E-state index is 12.9. The molecule has 73 heavy (non-hydrogen) atoms. The van der Waals surface area contributed by atoms with Gasteiger partial charge in [0.25, 0.3) is 0 Å². The zero-order chi connectivity index (χ0) is 52.7. The lowest BCUT2D eigenvalue weighted by molar-refractivity contribution is -0.131. The Morgan fingerprint density at radius 1 is 0.658 bits per heavy atom. The van der Waals surface area contributed by atoms with Gasteiger partial charge in [-0.15, -0.1) is 22.7 Å². The Morgan fingerprint density at radius 3 is 1.51 bits per heavy atom. The zero-order valence-electron chi connectivity index (χ0n) is 41.6. The SMILES string of the molecule is CC(C)(C)OC(=O)c1ccc(CC2CC3(CCN(c4ncnc5sc(CC(F)(F)F)cc45)C3)C2)cc1.CC(C)(C)OC(=O)c1ccc(N)cc1.O=C1CC2(CCN(c3ncnc4sc(CC(F)(F)F)cc34)C2)C1. The summed E-state index contributed by atoms with van der Waals surface area (Å²) in [7, 11) is 0. The van der Waals surface area contributed by atoms with Gasteiger partial charge in [-0.1, -0.05) is 12.1 Å². The van der Waals surface area contributed by atoms with Gasteiger partial charge in [0, 0.05) is 59.9 Å². The highest BCUT2D eigenvalue weighted by molar-refractivity contribution is 7.19. The van der Waals surface area contributed by atoms with Crippen molar-refractivity contribution >= 4 is 78.2 Å². The van der Waals surface area contributed by atoms with Gasteiger partial charge in [0.15, 0.2) is 0 Å². The molecule has 390 valence electrons. The average molecular weight is 1050 g/mol. The van der Waals surface area contributed by atoms with Gasteiger partial charge < -0.3 is 25.0 Å². The first-order chi connectivity index (χ1) is 34.1. The number of nitrogens with two attached hydrogens (primary N) is 1. The van der Waals surface area contributed by atoms with Gasteiger partial charge in [-0.3, -0.25) is 4.79 Å². The maximum Gasteiger partial charge on any atom is 0.393 e. The number of esters is 2. The Bertz CT molecular complexity index is 2950. The second-order valence-electron chi connectivity index (χ2n) is 21.9. The Labute approximate surface area is 427 Å². The van der Waals surface area contributed by atoms with Crippen LogP contribution in [0.3, 0.4) is 0 Å². The number of alkyl halides is 6. The summed E-state index contributed by atoms with van der Waals surface area (Å²) in [6.07, 6.45) is -1.03. The molecule has 2 aliphatic heterocycles. The lowest BCUT2D eigenvalue weighted by atomic mass is 9.60. The number of thiophene rings is 2. The fourth-order valence-corrected chi connectivity index (χ4v) is 12.3. The van der Waals surface area contributed by atoms with Crippen molar-refractivity contribution in [3.63, 3.8) is 0 Å². The lowest BCUT2D eigenvalue weighted by Gasteiger charge is -2.45. The Kier molecular flexibility index (Phi) is 14.9. The summed E-state index contributed by atoms with van der Waals surface area (Å²) in [6.45, 7) is 14.3. The first-order valence-corrected chi connectivity index (χ1v) is 25.8. The van der Waals surface area contributed by atoms with Gasteiger partial charge in [-0.05, 0) is 139 Å². The Hall–Kier alpha value is -5.89. The molecule has 2 aliphatic carbocycles. The van der Waals surface area contributed by atoms with Crippen LogP contribution < -0.4 is 15.5 Å². The van der Waals surface area contributed by atoms with E-state index in [9.17, 15) is 40.7 Å². The summed E-state index contributed by atoms with van der Waals surface area (Å²) in [4.78, 5) is 58.1. The van der Waals surface area contributed by atoms with Crippen LogP contribution in [0.5, 0.6) is 0 Å². The van der Waals surface area contributed by atoms with Gasteiger partial charge >= 0.3 is 24.3 Å². The standard InChI is InChI=1S/C27H30F3N3O2S.C15H14F3N3OS.C11H15NO2/c1-25(2,3)35-24(34)19-6-4-17(5-7-19)10-18-12-26(13-18)8-9-33(15-26)22-21-11-20(14-27(28,29)30)36-23(21)32-16-31-22;16-15(17,18)6-10-3-11-12(19-8-20-13(11)23-10)21-2-1-14(7-21)4-9(22)5-14;1-11(2,3)14-10(13)8-4-6-9(12)7-5-8/h4-7,11,16,18H,8-10,12-15H2,1-3H3;3,8H,1-2,4-7H2;4-7H,12H2,1-3H3. The number of hydrogen-bond acceptors (Lipinski definition) is 14. The largest absolute Gasteiger partial charge is 0.456 e. The number of nitrogens with zero attached hydrogens (tertiary/aromatic N) is 6. The first kappa shape index (κ1) is 53.4. The number of nitrogen functional groups attached to an aromatic ring is 1. The molecule has 0 atom stereocenters. The number of hydrogen-bond donors (Lipinski definition) is 1. The molecule has 6 heterocycles. The Balaban J connectivity index is 0.000000163. The minimum atomic E-state index is -4.23. The average Bonchev–Trinajstić information content (AvgIpc) is 4.07. The molecule has 4 aromatic heterocycles. The minimum Gasteiger partial charge on any atom is -0.456 e. The second kappa shape index (κ2) is 20.4. The van der Waals surface area contributed by atoms with Crippen LogP contribution in [0, 0.1) is 16.7 Å². The summed E-state index contributed by atoms with van der Waals surface area (Å²) in [6, 6.07) is 17.5. The van der Waals surface area contributed by atoms with Crippen LogP contribution in [-0.2, 0) is 33.5 Å². The quantitative estimate of drug-likeness (QED) is 0.0877. The highest BCUT2D eigenvalue weighted by Crippen LogP contribution is 2.54. The van der Waals surface area contributed by atoms with Crippen molar-refractivity contribution in [2.75, 3.05) is 41.7 Å². The molecule has 2 aromatic carbocycles. The monoisotopic (exact) mass is 1050 g/mol. The molecule has 0 bridgehead atoms. The molecule has 0 amide bonds. The molecule has 0 unspecified atom stereocenters. The van der Waals surface area contributed by atoms with E-state index in [-0.39, 0.29) is 32.5 Å². The molecule has 12 nitrogen and oxygen atoms in total. The van der Waals surface area contributed by atoms with Crippen LogP contribution in [-0.4, -0.2) is 87.4 Å². The van der Waals surface area contributed by atoms with E-state index < -0.39 is 36.4 Å². The van der Waals surface area contributed by atoms with Crippen LogP contribution in [0.1, 0.15) is 116 Å². The smallest absolute Gasteiger partial charge is 0.393 e. The van der Waals surface area contributed by atoms with E-state index in [0.717, 1.165) is 92.2 Å². The molecule has 0 radical (unpaired) electrons. The summed E-state index contributed by atoms with van der Waals surface area (Å²) >= 11 is 2.16. The summed E-state index contributed by atoms with van der Waals surface area (Å²) in [5.74, 6) is 1.69. The topological polar surface area (TPSA) is 154 Å². The van der Waals surface area contributed by atoms with E-state index in [1.54, 1.807) is 36.4 Å². The van der Waals surface area contributed by atoms with E-state index in [2.05, 4.69) is 29.7 Å². The van der Waals surface area contributed by atoms with E-state index in [1.165, 1.54) is 18.2 Å². The number of ether oxygens (including phenoxy) is 2. The van der Waals surface area contributed by atoms with Crippen molar-refractivity contribution in [3.05, 3.63) is 99.8 Å². The van der Waals surface area contributed by atoms with Crippen molar-refractivity contribution < 1.29 is 50.2 Å². The van der Waals surface area contributed by atoms with Crippen molar-refractivity contribution in [2.45, 2.75) is 123 Å². The number of Topliss-reactive ketones (excluding diaryl/α,β-unsaturated/α-hetero) is 1. The van der Waals surface area contributed by atoms with Crippen LogP contribution in [0.4, 0.5) is 43.7 Å². The molecule has 2 spiro atoms. The number of carbonyl (C=O) groups is 3. The number of rotatable bonds is 8. The van der Waals surface area contributed by atoms with E-state index in [1.807, 2.05) is 65.8 Å². The molecule has 4 aliphatic rings. The zero-order valence-corrected chi connectivity index (χ0v) is 43.2. The van der Waals surface area contributed by atoms with Gasteiger partial charge in [0.1, 0.15) is 50.9 Å². The minimum absolute atomic E-state index is 0.0547. The van der Waals surface area contributed by atoms with Gasteiger partial charge in [0.05, 0.1) is 34.7 Å². The highest BCUT2D eigenvalue weighted by Gasteiger charge is 2.50. The van der Waals surface area contributed by atoms with E-state index >= 15 is 0 Å². The summed E-state index contributed by atoms with van der Waals surface area (Å²) < 4.78 is 87.0. The molecule has 6 aromatic rings. The number of fused-ring (bicyclic) bond motifs is 2. The molecular weight excluding hydrogens is 993 g/mol. The molecule has 2 saturated heterocycles. The molecule has 2 saturated carbocycles. The van der Waals surface area contributed by atoms with Crippen LogP contribution in [0.2, 0.25) is 0 Å². The lowest BCUT2D eigenvalue weighted by Crippen LogP contribution is -2.40. The van der Waals surface area contributed by atoms with Crippen molar-refractivity contribution in [1.82, 2.24) is 19.9 Å². The van der Waals surface area contributed by atoms with Crippen molar-refractivity contribution in [1.29, 1.82) is 0 Å². The van der Waals surface area contributed by atoms with Crippen molar-refractivity contribution in [2.24, 2.45) is 16.7 Å². The number of halogens is 6. The van der Waals surface area contributed by atoms with Crippen molar-refractivity contribution in [3.8, 4) is 0 Å². The number of benzene rings is 2. The third kappa shape index (κ3) is 13.8. The molecule has 4 fully saturated rings. The second-order valence-corrected chi connectivity index (χ2v) is 24.1. The Morgan fingerprint density at radius 2 is 1.08 bits per heavy atom. The van der Waals surface area contributed by atoms with Gasteiger partial charge in [0.2, 0.25) is 0 Å². The van der Waals surface area contributed by atoms with Crippen LogP contribution >= 0.6 is 22.7 Å². The number of ketones is 1. The molecule has 20 heteroatoms. The predicted molar refractivity (Wildman–Crippen MR) is 271 cm³/mol. The highest BCUT2D eigenvalue weighted by atomic mass is 32.1. The molecular formula is C53H59F6N7O5S2.